The van der Waals surface area contributed by atoms with Crippen molar-refractivity contribution >= 4 is 30.8 Å². The lowest BCUT2D eigenvalue weighted by Gasteiger charge is -2.36. The predicted molar refractivity (Wildman–Crippen MR) is 169 cm³/mol. The van der Waals surface area contributed by atoms with Gasteiger partial charge < -0.3 is 14.8 Å². The molecule has 0 fully saturated rings. The van der Waals surface area contributed by atoms with Gasteiger partial charge in [0.1, 0.15) is 36.4 Å². The molecule has 3 aliphatic rings. The van der Waals surface area contributed by atoms with Gasteiger partial charge in [-0.2, -0.15) is 5.26 Å². The predicted octanol–water partition coefficient (Wildman–Crippen LogP) is 7.15. The fourth-order valence-electron chi connectivity index (χ4n) is 5.76. The molecule has 2 unspecified atom stereocenters. The van der Waals surface area contributed by atoms with Gasteiger partial charge in [0.25, 0.3) is 5.91 Å². The molecular formula is C33H42FN5O3Si. The van der Waals surface area contributed by atoms with E-state index in [-0.39, 0.29) is 23.7 Å². The van der Waals surface area contributed by atoms with E-state index in [1.165, 1.54) is 10.8 Å². The maximum atomic E-state index is 14.1. The monoisotopic (exact) mass is 603 g/mol. The third-order valence-electron chi connectivity index (χ3n) is 8.46. The number of hydrogen-bond donors (Lipinski definition) is 1. The van der Waals surface area contributed by atoms with Crippen LogP contribution in [-0.4, -0.2) is 53.0 Å². The molecule has 8 nitrogen and oxygen atoms in total. The summed E-state index contributed by atoms with van der Waals surface area (Å²) >= 11 is 0. The largest absolute Gasteiger partial charge is 0.361 e. The topological polar surface area (TPSA) is 102 Å². The minimum absolute atomic E-state index is 0.0692. The fraction of sp³-hybridized carbons (Fsp3) is 0.515. The number of nitriles is 1. The summed E-state index contributed by atoms with van der Waals surface area (Å²) < 4.78 is 27.5. The van der Waals surface area contributed by atoms with Crippen molar-refractivity contribution < 1.29 is 18.7 Å². The number of pyridine rings is 1. The van der Waals surface area contributed by atoms with Crippen LogP contribution in [0.4, 0.5) is 10.1 Å². The Morgan fingerprint density at radius 1 is 1.23 bits per heavy atom. The number of rotatable bonds is 10. The molecule has 4 heterocycles. The van der Waals surface area contributed by atoms with Gasteiger partial charge in [-0.3, -0.25) is 9.36 Å². The molecule has 10 heteroatoms. The minimum atomic E-state index is -1.29. The van der Waals surface area contributed by atoms with Gasteiger partial charge >= 0.3 is 0 Å². The number of allylic oxidation sites excluding steroid dienone is 2. The number of aromatic nitrogens is 3. The average Bonchev–Trinajstić information content (AvgIpc) is 3.47. The number of fused-ring (bicyclic) bond motifs is 2. The first-order chi connectivity index (χ1) is 20.2. The Balaban J connectivity index is 1.45. The Morgan fingerprint density at radius 3 is 2.70 bits per heavy atom. The number of amides is 1. The van der Waals surface area contributed by atoms with Crippen LogP contribution in [0.1, 0.15) is 74.2 Å². The Morgan fingerprint density at radius 2 is 2.02 bits per heavy atom. The second-order valence-corrected chi connectivity index (χ2v) is 19.8. The van der Waals surface area contributed by atoms with Gasteiger partial charge in [0.05, 0.1) is 23.3 Å². The summed E-state index contributed by atoms with van der Waals surface area (Å²) in [5.41, 5.74) is 2.75. The third-order valence-corrected chi connectivity index (χ3v) is 10.2. The number of ether oxygens (including phenoxy) is 2. The molecule has 2 atom stereocenters. The van der Waals surface area contributed by atoms with E-state index < -0.39 is 31.9 Å². The van der Waals surface area contributed by atoms with Gasteiger partial charge in [-0.15, -0.1) is 0 Å². The summed E-state index contributed by atoms with van der Waals surface area (Å²) in [6.45, 7) is 13.2. The molecule has 2 bridgehead atoms. The van der Waals surface area contributed by atoms with E-state index in [9.17, 15) is 14.4 Å². The van der Waals surface area contributed by atoms with Crippen molar-refractivity contribution in [3.63, 3.8) is 0 Å². The number of imidazole rings is 1. The summed E-state index contributed by atoms with van der Waals surface area (Å²) in [6.07, 6.45) is 12.4. The molecule has 228 valence electrons. The highest BCUT2D eigenvalue weighted by Gasteiger charge is 2.46. The van der Waals surface area contributed by atoms with Gasteiger partial charge in [0.2, 0.25) is 5.82 Å². The lowest BCUT2D eigenvalue weighted by Crippen LogP contribution is -2.39. The lowest BCUT2D eigenvalue weighted by molar-refractivity contribution is -0.0701. The van der Waals surface area contributed by atoms with Gasteiger partial charge in [-0.1, -0.05) is 51.7 Å². The van der Waals surface area contributed by atoms with E-state index in [1.807, 2.05) is 37.3 Å². The van der Waals surface area contributed by atoms with Crippen LogP contribution in [0.15, 0.2) is 42.6 Å². The van der Waals surface area contributed by atoms with Crippen LogP contribution in [0.25, 0.3) is 11.1 Å². The van der Waals surface area contributed by atoms with Crippen LogP contribution in [0.5, 0.6) is 0 Å². The van der Waals surface area contributed by atoms with Crippen molar-refractivity contribution in [1.82, 2.24) is 14.5 Å². The summed E-state index contributed by atoms with van der Waals surface area (Å²) in [7, 11) is -1.29. The number of hydrogen-bond acceptors (Lipinski definition) is 6. The summed E-state index contributed by atoms with van der Waals surface area (Å²) in [6, 6.07) is 6.81. The van der Waals surface area contributed by atoms with Crippen LogP contribution in [0, 0.1) is 16.7 Å². The Hall–Kier alpha value is -3.39. The number of nitrogens with zero attached hydrogens (tertiary/aromatic N) is 4. The van der Waals surface area contributed by atoms with Crippen LogP contribution < -0.4 is 5.32 Å². The quantitative estimate of drug-likeness (QED) is 0.176. The van der Waals surface area contributed by atoms with Crippen LogP contribution in [0.2, 0.25) is 25.7 Å². The Bertz CT molecular complexity index is 1550. The number of nitrogens with one attached hydrogen (secondary N) is 1. The highest BCUT2D eigenvalue weighted by Crippen LogP contribution is 2.46. The number of carbonyl (C=O) groups excluding carboxylic acids is 1. The molecule has 2 aromatic heterocycles. The second-order valence-electron chi connectivity index (χ2n) is 14.2. The summed E-state index contributed by atoms with van der Waals surface area (Å²) in [5.74, 6) is -0.342. The zero-order valence-corrected chi connectivity index (χ0v) is 27.1. The number of anilines is 1. The number of alkyl halides is 1. The van der Waals surface area contributed by atoms with Gasteiger partial charge in [-0.25, -0.2) is 14.4 Å². The minimum Gasteiger partial charge on any atom is -0.361 e. The first-order valence-corrected chi connectivity index (χ1v) is 18.7. The zero-order valence-electron chi connectivity index (χ0n) is 26.1. The molecular weight excluding hydrogens is 561 g/mol. The normalized spacial score (nSPS) is 24.3. The van der Waals surface area contributed by atoms with Gasteiger partial charge in [0, 0.05) is 21.1 Å². The smallest absolute Gasteiger partial charge is 0.291 e. The van der Waals surface area contributed by atoms with Crippen molar-refractivity contribution in [1.29, 1.82) is 5.26 Å². The van der Waals surface area contributed by atoms with E-state index >= 15 is 0 Å². The molecule has 0 aromatic carbocycles. The number of halogens is 1. The zero-order chi connectivity index (χ0) is 31.0. The van der Waals surface area contributed by atoms with Crippen molar-refractivity contribution in [3.8, 4) is 6.07 Å². The summed E-state index contributed by atoms with van der Waals surface area (Å²) in [5, 5.41) is 12.7. The number of carbonyl (C=O) groups is 1. The molecule has 0 radical (unpaired) electrons. The molecule has 0 saturated heterocycles. The van der Waals surface area contributed by atoms with E-state index in [2.05, 4.69) is 55.9 Å². The van der Waals surface area contributed by atoms with Crippen LogP contribution >= 0.6 is 0 Å². The molecule has 0 saturated carbocycles. The van der Waals surface area contributed by atoms with Crippen molar-refractivity contribution in [3.05, 3.63) is 65.5 Å². The standard InChI is InChI=1S/C33H42FN5O3Si/c1-31(2)11-9-23(10-12-31)28-27(8-7-26(37-28)24-17-32(3)13-14-33(18-24,21-34)42-32)38-30(40)29-36-20-25(19-35)39(29)22-41-15-16-43(4,5)6/h7-9,13-14,17,20H,10-12,15-16,18,21-22H2,1-6H3,(H,38,40). The molecule has 43 heavy (non-hydrogen) atoms. The summed E-state index contributed by atoms with van der Waals surface area (Å²) in [4.78, 5) is 23.0. The van der Waals surface area contributed by atoms with Crippen molar-refractivity contribution in [2.45, 2.75) is 90.1 Å². The first kappa shape index (κ1) is 31.0. The highest BCUT2D eigenvalue weighted by molar-refractivity contribution is 6.76. The van der Waals surface area contributed by atoms with E-state index in [0.29, 0.717) is 24.4 Å². The average molecular weight is 604 g/mol. The molecule has 1 aliphatic carbocycles. The van der Waals surface area contributed by atoms with E-state index in [0.717, 1.165) is 42.1 Å². The molecule has 5 rings (SSSR count). The SMILES string of the molecule is CC1(C)CC=C(c2nc(C3=CC4(C)C=CC(CF)(C3)O4)ccc2NC(=O)c2ncc(C#N)n2COCC[Si](C)(C)C)CC1. The molecule has 1 amide bonds. The van der Waals surface area contributed by atoms with E-state index in [1.54, 1.807) is 0 Å². The first-order valence-electron chi connectivity index (χ1n) is 15.0. The molecule has 0 spiro atoms. The maximum Gasteiger partial charge on any atom is 0.291 e. The molecule has 2 aliphatic heterocycles. The highest BCUT2D eigenvalue weighted by atomic mass is 28.3. The fourth-order valence-corrected chi connectivity index (χ4v) is 6.52. The van der Waals surface area contributed by atoms with E-state index in [4.69, 9.17) is 14.5 Å². The van der Waals surface area contributed by atoms with Gasteiger partial charge in [-0.05, 0) is 67.0 Å². The van der Waals surface area contributed by atoms with Crippen LogP contribution in [0.3, 0.4) is 0 Å². The lowest BCUT2D eigenvalue weighted by atomic mass is 9.77. The van der Waals surface area contributed by atoms with Crippen LogP contribution in [-0.2, 0) is 16.2 Å². The molecule has 2 aromatic rings. The molecule has 1 N–H and O–H groups in total. The Labute approximate surface area is 254 Å². The van der Waals surface area contributed by atoms with Crippen molar-refractivity contribution in [2.75, 3.05) is 18.6 Å². The maximum absolute atomic E-state index is 14.1. The third kappa shape index (κ3) is 6.90. The van der Waals surface area contributed by atoms with Gasteiger partial charge in [0.15, 0.2) is 0 Å². The Kier molecular flexibility index (Phi) is 8.38. The second kappa shape index (κ2) is 11.6. The van der Waals surface area contributed by atoms with Crippen molar-refractivity contribution in [2.24, 2.45) is 5.41 Å².